The molecule has 0 aliphatic carbocycles. The molecule has 2 aromatic heterocycles. The third-order valence-electron chi connectivity index (χ3n) is 4.21. The van der Waals surface area contributed by atoms with Crippen LogP contribution < -0.4 is 5.32 Å². The van der Waals surface area contributed by atoms with Crippen LogP contribution in [0.2, 0.25) is 0 Å². The molecule has 0 saturated heterocycles. The third kappa shape index (κ3) is 3.99. The maximum absolute atomic E-state index is 12.6. The fourth-order valence-electron chi connectivity index (χ4n) is 2.98. The first-order valence-electron chi connectivity index (χ1n) is 8.73. The van der Waals surface area contributed by atoms with E-state index in [0.29, 0.717) is 6.42 Å². The highest BCUT2D eigenvalue weighted by Crippen LogP contribution is 2.31. The molecule has 1 amide bonds. The predicted octanol–water partition coefficient (Wildman–Crippen LogP) is 5.09. The summed E-state index contributed by atoms with van der Waals surface area (Å²) in [5.74, 6) is -0.0500. The summed E-state index contributed by atoms with van der Waals surface area (Å²) in [6.07, 6.45) is 2.21. The summed E-state index contributed by atoms with van der Waals surface area (Å²) in [5, 5.41) is 9.76. The fourth-order valence-corrected chi connectivity index (χ4v) is 3.70. The van der Waals surface area contributed by atoms with Gasteiger partial charge in [-0.15, -0.1) is 11.3 Å². The van der Waals surface area contributed by atoms with E-state index in [-0.39, 0.29) is 5.91 Å². The largest absolute Gasteiger partial charge is 0.323 e. The molecule has 0 atom stereocenters. The zero-order valence-electron chi connectivity index (χ0n) is 14.9. The number of amides is 1. The molecular weight excluding hydrogens is 354 g/mol. The molecule has 0 bridgehead atoms. The van der Waals surface area contributed by atoms with Gasteiger partial charge in [-0.2, -0.15) is 5.10 Å². The van der Waals surface area contributed by atoms with Gasteiger partial charge in [-0.3, -0.25) is 4.79 Å². The number of anilines is 1. The molecule has 27 heavy (non-hydrogen) atoms. The van der Waals surface area contributed by atoms with Crippen LogP contribution in [0.25, 0.3) is 16.3 Å². The average molecular weight is 373 g/mol. The second-order valence-corrected chi connectivity index (χ2v) is 7.31. The predicted molar refractivity (Wildman–Crippen MR) is 110 cm³/mol. The molecule has 0 unspecified atom stereocenters. The van der Waals surface area contributed by atoms with Crippen molar-refractivity contribution in [2.75, 3.05) is 5.32 Å². The van der Waals surface area contributed by atoms with E-state index in [1.165, 1.54) is 0 Å². The SMILES string of the molecule is Cc1cccc(CC(=O)Nc2cn(-c3ccccc3)nc2-c2cccs2)c1. The van der Waals surface area contributed by atoms with Crippen LogP contribution in [-0.4, -0.2) is 15.7 Å². The van der Waals surface area contributed by atoms with E-state index in [1.54, 1.807) is 16.0 Å². The molecule has 134 valence electrons. The number of carbonyl (C=O) groups excluding carboxylic acids is 1. The van der Waals surface area contributed by atoms with Gasteiger partial charge in [0.05, 0.1) is 28.9 Å². The minimum atomic E-state index is -0.0500. The standard InChI is InChI=1S/C22H19N3OS/c1-16-7-5-8-17(13-16)14-21(26)23-19-15-25(18-9-3-2-4-10-18)24-22(19)20-11-6-12-27-20/h2-13,15H,14H2,1H3,(H,23,26). The van der Waals surface area contributed by atoms with Crippen LogP contribution >= 0.6 is 11.3 Å². The number of nitrogens with zero attached hydrogens (tertiary/aromatic N) is 2. The Bertz CT molecular complexity index is 1050. The van der Waals surface area contributed by atoms with Crippen LogP contribution in [-0.2, 0) is 11.2 Å². The minimum Gasteiger partial charge on any atom is -0.323 e. The third-order valence-corrected chi connectivity index (χ3v) is 5.09. The normalized spacial score (nSPS) is 10.7. The molecular formula is C22H19N3OS. The van der Waals surface area contributed by atoms with E-state index in [2.05, 4.69) is 5.32 Å². The molecule has 1 N–H and O–H groups in total. The number of thiophene rings is 1. The van der Waals surface area contributed by atoms with Crippen LogP contribution in [0.4, 0.5) is 5.69 Å². The maximum Gasteiger partial charge on any atom is 0.228 e. The van der Waals surface area contributed by atoms with Crippen LogP contribution in [0, 0.1) is 6.92 Å². The highest BCUT2D eigenvalue weighted by molar-refractivity contribution is 7.13. The zero-order valence-corrected chi connectivity index (χ0v) is 15.7. The lowest BCUT2D eigenvalue weighted by Gasteiger charge is -2.05. The van der Waals surface area contributed by atoms with Crippen LogP contribution in [0.1, 0.15) is 11.1 Å². The smallest absolute Gasteiger partial charge is 0.228 e. The van der Waals surface area contributed by atoms with Crippen molar-refractivity contribution >= 4 is 22.9 Å². The Balaban J connectivity index is 1.63. The molecule has 4 nitrogen and oxygen atoms in total. The van der Waals surface area contributed by atoms with E-state index in [0.717, 1.165) is 33.1 Å². The molecule has 0 saturated carbocycles. The number of para-hydroxylation sites is 1. The van der Waals surface area contributed by atoms with Gasteiger partial charge in [0.15, 0.2) is 0 Å². The second-order valence-electron chi connectivity index (χ2n) is 6.36. The van der Waals surface area contributed by atoms with Crippen LogP contribution in [0.3, 0.4) is 0 Å². The Labute approximate surface area is 162 Å². The molecule has 4 aromatic rings. The Morgan fingerprint density at radius 3 is 2.67 bits per heavy atom. The summed E-state index contributed by atoms with van der Waals surface area (Å²) >= 11 is 1.60. The first-order chi connectivity index (χ1) is 13.2. The van der Waals surface area contributed by atoms with E-state index in [1.807, 2.05) is 85.2 Å². The Morgan fingerprint density at radius 2 is 1.93 bits per heavy atom. The summed E-state index contributed by atoms with van der Waals surface area (Å²) in [5.41, 5.74) is 4.61. The van der Waals surface area contributed by atoms with Gasteiger partial charge >= 0.3 is 0 Å². The molecule has 2 heterocycles. The summed E-state index contributed by atoms with van der Waals surface area (Å²) < 4.78 is 1.80. The van der Waals surface area contributed by atoms with Crippen molar-refractivity contribution < 1.29 is 4.79 Å². The number of hydrogen-bond acceptors (Lipinski definition) is 3. The van der Waals surface area contributed by atoms with Gasteiger partial charge in [0, 0.05) is 0 Å². The molecule has 5 heteroatoms. The van der Waals surface area contributed by atoms with Crippen molar-refractivity contribution in [2.24, 2.45) is 0 Å². The minimum absolute atomic E-state index is 0.0500. The molecule has 0 aliphatic heterocycles. The van der Waals surface area contributed by atoms with Crippen molar-refractivity contribution in [1.29, 1.82) is 0 Å². The van der Waals surface area contributed by atoms with Crippen LogP contribution in [0.5, 0.6) is 0 Å². The Hall–Kier alpha value is -3.18. The summed E-state index contributed by atoms with van der Waals surface area (Å²) in [4.78, 5) is 13.6. The Kier molecular flexibility index (Phi) is 4.85. The van der Waals surface area contributed by atoms with Gasteiger partial charge in [-0.05, 0) is 36.1 Å². The molecule has 2 aromatic carbocycles. The highest BCUT2D eigenvalue weighted by atomic mass is 32.1. The summed E-state index contributed by atoms with van der Waals surface area (Å²) in [7, 11) is 0. The first kappa shape index (κ1) is 17.2. The first-order valence-corrected chi connectivity index (χ1v) is 9.61. The summed E-state index contributed by atoms with van der Waals surface area (Å²) in [6.45, 7) is 2.03. The Morgan fingerprint density at radius 1 is 1.07 bits per heavy atom. The fraction of sp³-hybridized carbons (Fsp3) is 0.0909. The van der Waals surface area contributed by atoms with Gasteiger partial charge in [0.2, 0.25) is 5.91 Å². The topological polar surface area (TPSA) is 46.9 Å². The van der Waals surface area contributed by atoms with Crippen LogP contribution in [0.15, 0.2) is 78.3 Å². The molecule has 4 rings (SSSR count). The van der Waals surface area contributed by atoms with E-state index in [4.69, 9.17) is 5.10 Å². The van der Waals surface area contributed by atoms with Gasteiger partial charge in [-0.25, -0.2) is 4.68 Å². The maximum atomic E-state index is 12.6. The van der Waals surface area contributed by atoms with Gasteiger partial charge in [0.1, 0.15) is 5.69 Å². The molecule has 0 radical (unpaired) electrons. The second kappa shape index (κ2) is 7.60. The molecule has 0 spiro atoms. The van der Waals surface area contributed by atoms with E-state index < -0.39 is 0 Å². The number of carbonyl (C=O) groups is 1. The number of benzene rings is 2. The quantitative estimate of drug-likeness (QED) is 0.530. The number of aryl methyl sites for hydroxylation is 1. The number of aromatic nitrogens is 2. The van der Waals surface area contributed by atoms with Gasteiger partial charge < -0.3 is 5.32 Å². The average Bonchev–Trinajstić information content (AvgIpc) is 3.32. The number of rotatable bonds is 5. The highest BCUT2D eigenvalue weighted by Gasteiger charge is 2.15. The lowest BCUT2D eigenvalue weighted by Crippen LogP contribution is -2.14. The summed E-state index contributed by atoms with van der Waals surface area (Å²) in [6, 6.07) is 21.9. The van der Waals surface area contributed by atoms with E-state index >= 15 is 0 Å². The van der Waals surface area contributed by atoms with Crippen molar-refractivity contribution in [3.05, 3.63) is 89.4 Å². The van der Waals surface area contributed by atoms with E-state index in [9.17, 15) is 4.79 Å². The zero-order chi connectivity index (χ0) is 18.6. The van der Waals surface area contributed by atoms with Gasteiger partial charge in [-0.1, -0.05) is 54.1 Å². The van der Waals surface area contributed by atoms with Gasteiger partial charge in [0.25, 0.3) is 0 Å². The molecule has 0 fully saturated rings. The number of nitrogens with one attached hydrogen (secondary N) is 1. The molecule has 0 aliphatic rings. The lowest BCUT2D eigenvalue weighted by molar-refractivity contribution is -0.115. The van der Waals surface area contributed by atoms with Crippen molar-refractivity contribution in [2.45, 2.75) is 13.3 Å². The van der Waals surface area contributed by atoms with Crippen molar-refractivity contribution in [3.8, 4) is 16.3 Å². The monoisotopic (exact) mass is 373 g/mol. The lowest BCUT2D eigenvalue weighted by atomic mass is 10.1. The van der Waals surface area contributed by atoms with Crippen molar-refractivity contribution in [3.63, 3.8) is 0 Å². The number of hydrogen-bond donors (Lipinski definition) is 1. The van der Waals surface area contributed by atoms with Crippen molar-refractivity contribution in [1.82, 2.24) is 9.78 Å².